The lowest BCUT2D eigenvalue weighted by Gasteiger charge is -2.38. The molecule has 0 atom stereocenters. The number of hydrogen-bond donors (Lipinski definition) is 0. The van der Waals surface area contributed by atoms with Crippen molar-refractivity contribution in [2.75, 3.05) is 63.8 Å². The van der Waals surface area contributed by atoms with Crippen LogP contribution >= 0.6 is 0 Å². The van der Waals surface area contributed by atoms with Crippen LogP contribution in [0.5, 0.6) is 0 Å². The molecule has 2 aliphatic heterocycles. The van der Waals surface area contributed by atoms with Gasteiger partial charge in [-0.3, -0.25) is 14.6 Å². The van der Waals surface area contributed by atoms with E-state index in [4.69, 9.17) is 9.68 Å². The van der Waals surface area contributed by atoms with Crippen molar-refractivity contribution in [3.63, 3.8) is 0 Å². The molecule has 2 saturated heterocycles. The molecule has 0 spiro atoms. The maximum Gasteiger partial charge on any atom is 0.236 e. The zero-order valence-electron chi connectivity index (χ0n) is 18.3. The molecule has 32 heavy (non-hydrogen) atoms. The van der Waals surface area contributed by atoms with Gasteiger partial charge in [-0.25, -0.2) is 4.98 Å². The summed E-state index contributed by atoms with van der Waals surface area (Å²) in [5.74, 6) is 1.14. The summed E-state index contributed by atoms with van der Waals surface area (Å²) in [4.78, 5) is 25.4. The molecule has 1 amide bonds. The molecular weight excluding hydrogens is 406 g/mol. The van der Waals surface area contributed by atoms with Crippen molar-refractivity contribution in [2.45, 2.75) is 13.5 Å². The highest BCUT2D eigenvalue weighted by Crippen LogP contribution is 2.22. The summed E-state index contributed by atoms with van der Waals surface area (Å²) in [6.45, 7) is 9.09. The average Bonchev–Trinajstić information content (AvgIpc) is 3.21. The Morgan fingerprint density at radius 2 is 1.62 bits per heavy atom. The van der Waals surface area contributed by atoms with Crippen LogP contribution in [0.25, 0.3) is 0 Å². The SMILES string of the molecule is Cc1nc(C#N)c(N2CCN(C(=O)CN3CCN(Cc4ccc(C#N)cc4)CC3)CC2)o1. The summed E-state index contributed by atoms with van der Waals surface area (Å²) in [5.41, 5.74) is 2.19. The molecule has 0 bridgehead atoms. The van der Waals surface area contributed by atoms with E-state index in [2.05, 4.69) is 26.9 Å². The topological polar surface area (TPSA) is 104 Å². The van der Waals surface area contributed by atoms with Crippen molar-refractivity contribution >= 4 is 11.8 Å². The number of oxazole rings is 1. The smallest absolute Gasteiger partial charge is 0.236 e. The van der Waals surface area contributed by atoms with Gasteiger partial charge in [0.1, 0.15) is 6.07 Å². The standard InChI is InChI=1S/C23H27N7O2/c1-18-26-21(15-25)23(32-18)30-12-10-29(11-13-30)22(31)17-28-8-6-27(7-9-28)16-20-4-2-19(14-24)3-5-20/h2-5H,6-13,16-17H2,1H3. The molecule has 3 heterocycles. The maximum absolute atomic E-state index is 12.8. The highest BCUT2D eigenvalue weighted by atomic mass is 16.4. The second-order valence-corrected chi connectivity index (χ2v) is 8.23. The Balaban J connectivity index is 1.21. The second kappa shape index (κ2) is 9.82. The summed E-state index contributed by atoms with van der Waals surface area (Å²) in [7, 11) is 0. The summed E-state index contributed by atoms with van der Waals surface area (Å²) in [5, 5.41) is 18.1. The monoisotopic (exact) mass is 433 g/mol. The minimum absolute atomic E-state index is 0.152. The van der Waals surface area contributed by atoms with E-state index >= 15 is 0 Å². The Bertz CT molecular complexity index is 1020. The van der Waals surface area contributed by atoms with Gasteiger partial charge in [0.25, 0.3) is 0 Å². The number of aromatic nitrogens is 1. The van der Waals surface area contributed by atoms with Crippen LogP contribution in [0.1, 0.15) is 22.7 Å². The van der Waals surface area contributed by atoms with Crippen molar-refractivity contribution in [3.8, 4) is 12.1 Å². The van der Waals surface area contributed by atoms with Crippen LogP contribution in [-0.4, -0.2) is 84.5 Å². The Morgan fingerprint density at radius 1 is 0.969 bits per heavy atom. The van der Waals surface area contributed by atoms with Gasteiger partial charge in [-0.1, -0.05) is 12.1 Å². The Labute approximate surface area is 188 Å². The molecule has 0 aliphatic carbocycles. The molecule has 1 aromatic heterocycles. The number of carbonyl (C=O) groups is 1. The lowest BCUT2D eigenvalue weighted by molar-refractivity contribution is -0.133. The Hall–Kier alpha value is -3.40. The van der Waals surface area contributed by atoms with Gasteiger partial charge in [0, 0.05) is 65.8 Å². The van der Waals surface area contributed by atoms with Crippen molar-refractivity contribution in [3.05, 3.63) is 47.0 Å². The third-order valence-corrected chi connectivity index (χ3v) is 6.05. The van der Waals surface area contributed by atoms with Crippen molar-refractivity contribution < 1.29 is 9.21 Å². The maximum atomic E-state index is 12.8. The molecule has 2 aliphatic rings. The first-order valence-electron chi connectivity index (χ1n) is 10.9. The molecule has 0 N–H and O–H groups in total. The molecule has 2 aromatic rings. The summed E-state index contributed by atoms with van der Waals surface area (Å²) in [6, 6.07) is 11.9. The van der Waals surface area contributed by atoms with Crippen molar-refractivity contribution in [2.24, 2.45) is 0 Å². The van der Waals surface area contributed by atoms with Crippen LogP contribution in [0, 0.1) is 29.6 Å². The Morgan fingerprint density at radius 3 is 2.25 bits per heavy atom. The highest BCUT2D eigenvalue weighted by molar-refractivity contribution is 5.78. The fraction of sp³-hybridized carbons (Fsp3) is 0.478. The van der Waals surface area contributed by atoms with E-state index in [0.717, 1.165) is 32.7 Å². The van der Waals surface area contributed by atoms with Gasteiger partial charge < -0.3 is 14.2 Å². The third kappa shape index (κ3) is 5.08. The molecule has 0 radical (unpaired) electrons. The van der Waals surface area contributed by atoms with Crippen LogP contribution in [0.3, 0.4) is 0 Å². The van der Waals surface area contributed by atoms with Gasteiger partial charge in [0.05, 0.1) is 18.2 Å². The first kappa shape index (κ1) is 21.8. The number of amides is 1. The second-order valence-electron chi connectivity index (χ2n) is 8.23. The molecule has 4 rings (SSSR count). The molecule has 0 unspecified atom stereocenters. The van der Waals surface area contributed by atoms with E-state index in [1.165, 1.54) is 5.56 Å². The molecule has 1 aromatic carbocycles. The lowest BCUT2D eigenvalue weighted by Crippen LogP contribution is -2.53. The molecule has 9 nitrogen and oxygen atoms in total. The van der Waals surface area contributed by atoms with E-state index in [1.54, 1.807) is 6.92 Å². The van der Waals surface area contributed by atoms with Gasteiger partial charge in [-0.05, 0) is 17.7 Å². The van der Waals surface area contributed by atoms with Gasteiger partial charge in [-0.2, -0.15) is 10.5 Å². The first-order chi connectivity index (χ1) is 15.6. The van der Waals surface area contributed by atoms with Crippen LogP contribution in [0.15, 0.2) is 28.7 Å². The van der Waals surface area contributed by atoms with E-state index in [-0.39, 0.29) is 5.91 Å². The Kier molecular flexibility index (Phi) is 6.69. The van der Waals surface area contributed by atoms with Gasteiger partial charge in [0.15, 0.2) is 5.89 Å². The predicted molar refractivity (Wildman–Crippen MR) is 118 cm³/mol. The number of hydrogen-bond acceptors (Lipinski definition) is 8. The molecule has 166 valence electrons. The largest absolute Gasteiger partial charge is 0.424 e. The zero-order chi connectivity index (χ0) is 22.5. The van der Waals surface area contributed by atoms with Crippen LogP contribution in [0.2, 0.25) is 0 Å². The van der Waals surface area contributed by atoms with Gasteiger partial charge >= 0.3 is 0 Å². The van der Waals surface area contributed by atoms with E-state index in [1.807, 2.05) is 34.1 Å². The number of piperazine rings is 2. The number of carbonyl (C=O) groups excluding carboxylic acids is 1. The molecule has 0 saturated carbocycles. The number of anilines is 1. The summed E-state index contributed by atoms with van der Waals surface area (Å²) in [6.07, 6.45) is 0. The number of nitriles is 2. The number of aryl methyl sites for hydroxylation is 1. The third-order valence-electron chi connectivity index (χ3n) is 6.05. The fourth-order valence-corrected chi connectivity index (χ4v) is 4.20. The predicted octanol–water partition coefficient (Wildman–Crippen LogP) is 1.19. The van der Waals surface area contributed by atoms with Gasteiger partial charge in [-0.15, -0.1) is 0 Å². The quantitative estimate of drug-likeness (QED) is 0.693. The lowest BCUT2D eigenvalue weighted by atomic mass is 10.1. The molecule has 9 heteroatoms. The highest BCUT2D eigenvalue weighted by Gasteiger charge is 2.27. The van der Waals surface area contributed by atoms with Gasteiger partial charge in [0.2, 0.25) is 17.5 Å². The van der Waals surface area contributed by atoms with Crippen molar-refractivity contribution in [1.29, 1.82) is 10.5 Å². The van der Waals surface area contributed by atoms with Crippen LogP contribution in [-0.2, 0) is 11.3 Å². The van der Waals surface area contributed by atoms with E-state index in [0.29, 0.717) is 55.8 Å². The minimum atomic E-state index is 0.152. The number of rotatable bonds is 5. The van der Waals surface area contributed by atoms with E-state index in [9.17, 15) is 10.1 Å². The number of benzene rings is 1. The zero-order valence-corrected chi connectivity index (χ0v) is 18.3. The summed E-state index contributed by atoms with van der Waals surface area (Å²) < 4.78 is 5.59. The average molecular weight is 434 g/mol. The molecular formula is C23H27N7O2. The van der Waals surface area contributed by atoms with E-state index < -0.39 is 0 Å². The van der Waals surface area contributed by atoms with Crippen molar-refractivity contribution in [1.82, 2.24) is 19.7 Å². The summed E-state index contributed by atoms with van der Waals surface area (Å²) >= 11 is 0. The minimum Gasteiger partial charge on any atom is -0.424 e. The number of nitrogens with zero attached hydrogens (tertiary/aromatic N) is 7. The fourth-order valence-electron chi connectivity index (χ4n) is 4.20. The van der Waals surface area contributed by atoms with Crippen LogP contribution in [0.4, 0.5) is 5.88 Å². The van der Waals surface area contributed by atoms with Crippen LogP contribution < -0.4 is 4.90 Å². The molecule has 2 fully saturated rings. The normalized spacial score (nSPS) is 17.7. The first-order valence-corrected chi connectivity index (χ1v) is 10.9.